The van der Waals surface area contributed by atoms with Crippen LogP contribution in [0.3, 0.4) is 0 Å². The van der Waals surface area contributed by atoms with Crippen molar-refractivity contribution in [1.29, 1.82) is 0 Å². The van der Waals surface area contributed by atoms with Crippen LogP contribution in [0.25, 0.3) is 0 Å². The van der Waals surface area contributed by atoms with Crippen molar-refractivity contribution in [3.8, 4) is 0 Å². The van der Waals surface area contributed by atoms with Crippen molar-refractivity contribution in [3.63, 3.8) is 0 Å². The van der Waals surface area contributed by atoms with E-state index in [-0.39, 0.29) is 5.92 Å². The van der Waals surface area contributed by atoms with Gasteiger partial charge in [0.15, 0.2) is 0 Å². The highest BCUT2D eigenvalue weighted by Crippen LogP contribution is 2.40. The van der Waals surface area contributed by atoms with E-state index in [1.807, 2.05) is 0 Å². The van der Waals surface area contributed by atoms with Crippen LogP contribution in [0, 0.1) is 11.3 Å². The number of hydrogen-bond donors (Lipinski definition) is 0. The Morgan fingerprint density at radius 1 is 1.22 bits per heavy atom. The number of ether oxygens (including phenoxy) is 1. The molecule has 1 atom stereocenters. The largest absolute Gasteiger partial charge is 0.381 e. The van der Waals surface area contributed by atoms with Gasteiger partial charge in [0.1, 0.15) is 0 Å². The van der Waals surface area contributed by atoms with Gasteiger partial charge in [-0.15, -0.1) is 0 Å². The first-order valence-electron chi connectivity index (χ1n) is 7.24. The van der Waals surface area contributed by atoms with E-state index in [0.717, 1.165) is 26.1 Å². The fourth-order valence-electron chi connectivity index (χ4n) is 3.61. The van der Waals surface area contributed by atoms with Gasteiger partial charge in [-0.1, -0.05) is 0 Å². The molecule has 0 aromatic heterocycles. The first-order valence-corrected chi connectivity index (χ1v) is 7.24. The zero-order chi connectivity index (χ0) is 12.6. The number of amides is 1. The second kappa shape index (κ2) is 4.82. The summed E-state index contributed by atoms with van der Waals surface area (Å²) >= 11 is 0. The third kappa shape index (κ3) is 2.28. The molecule has 18 heavy (non-hydrogen) atoms. The highest BCUT2D eigenvalue weighted by molar-refractivity contribution is 5.79. The SMILES string of the molecule is CN1CCC2(CC1)CCN(C(=O)C1CCOC1)C2. The molecule has 3 rings (SSSR count). The lowest BCUT2D eigenvalue weighted by Gasteiger charge is -2.37. The van der Waals surface area contributed by atoms with Crippen LogP contribution in [-0.2, 0) is 9.53 Å². The van der Waals surface area contributed by atoms with Crippen molar-refractivity contribution in [2.75, 3.05) is 46.4 Å². The predicted molar refractivity (Wildman–Crippen MR) is 69.3 cm³/mol. The molecule has 1 spiro atoms. The molecule has 3 aliphatic heterocycles. The quantitative estimate of drug-likeness (QED) is 0.697. The Morgan fingerprint density at radius 2 is 1.94 bits per heavy atom. The summed E-state index contributed by atoms with van der Waals surface area (Å²) < 4.78 is 5.33. The lowest BCUT2D eigenvalue weighted by molar-refractivity contribution is -0.135. The van der Waals surface area contributed by atoms with Gasteiger partial charge in [-0.3, -0.25) is 4.79 Å². The zero-order valence-electron chi connectivity index (χ0n) is 11.4. The number of rotatable bonds is 1. The molecule has 4 heteroatoms. The van der Waals surface area contributed by atoms with Gasteiger partial charge >= 0.3 is 0 Å². The Morgan fingerprint density at radius 3 is 2.61 bits per heavy atom. The summed E-state index contributed by atoms with van der Waals surface area (Å²) in [6.07, 6.45) is 4.65. The molecular formula is C14H24N2O2. The molecule has 3 aliphatic rings. The highest BCUT2D eigenvalue weighted by atomic mass is 16.5. The Balaban J connectivity index is 1.59. The molecule has 0 radical (unpaired) electrons. The van der Waals surface area contributed by atoms with Crippen molar-refractivity contribution in [2.45, 2.75) is 25.7 Å². The molecule has 0 aliphatic carbocycles. The van der Waals surface area contributed by atoms with Crippen molar-refractivity contribution in [3.05, 3.63) is 0 Å². The minimum Gasteiger partial charge on any atom is -0.381 e. The summed E-state index contributed by atoms with van der Waals surface area (Å²) in [4.78, 5) is 16.9. The minimum atomic E-state index is 0.145. The molecule has 0 aromatic rings. The summed E-state index contributed by atoms with van der Waals surface area (Å²) in [6.45, 7) is 5.75. The van der Waals surface area contributed by atoms with Crippen LogP contribution in [0.2, 0.25) is 0 Å². The summed E-state index contributed by atoms with van der Waals surface area (Å²) in [6, 6.07) is 0. The zero-order valence-corrected chi connectivity index (χ0v) is 11.4. The number of nitrogens with zero attached hydrogens (tertiary/aromatic N) is 2. The van der Waals surface area contributed by atoms with Gasteiger partial charge in [0.25, 0.3) is 0 Å². The number of piperidine rings is 1. The topological polar surface area (TPSA) is 32.8 Å². The maximum Gasteiger partial charge on any atom is 0.228 e. The van der Waals surface area contributed by atoms with Crippen molar-refractivity contribution in [2.24, 2.45) is 11.3 Å². The van der Waals surface area contributed by atoms with Gasteiger partial charge in [0.2, 0.25) is 5.91 Å². The predicted octanol–water partition coefficient (Wildman–Crippen LogP) is 0.967. The first-order chi connectivity index (χ1) is 8.69. The maximum absolute atomic E-state index is 12.4. The van der Waals surface area contributed by atoms with Gasteiger partial charge in [-0.25, -0.2) is 0 Å². The van der Waals surface area contributed by atoms with Crippen LogP contribution in [0.15, 0.2) is 0 Å². The van der Waals surface area contributed by atoms with Gasteiger partial charge < -0.3 is 14.5 Å². The Labute approximate surface area is 109 Å². The van der Waals surface area contributed by atoms with E-state index in [2.05, 4.69) is 16.8 Å². The number of carbonyl (C=O) groups excluding carboxylic acids is 1. The van der Waals surface area contributed by atoms with Crippen LogP contribution in [0.1, 0.15) is 25.7 Å². The van der Waals surface area contributed by atoms with E-state index < -0.39 is 0 Å². The second-order valence-corrected chi connectivity index (χ2v) is 6.37. The Bertz CT molecular complexity index is 318. The summed E-state index contributed by atoms with van der Waals surface area (Å²) in [5.41, 5.74) is 0.432. The van der Waals surface area contributed by atoms with Gasteiger partial charge in [-0.2, -0.15) is 0 Å². The Kier molecular flexibility index (Phi) is 3.32. The molecule has 0 bridgehead atoms. The number of carbonyl (C=O) groups is 1. The standard InChI is InChI=1S/C14H24N2O2/c1-15-6-3-14(4-7-15)5-8-16(11-14)13(17)12-2-9-18-10-12/h12H,2-11H2,1H3. The normalized spacial score (nSPS) is 32.3. The fraction of sp³-hybridized carbons (Fsp3) is 0.929. The molecule has 1 amide bonds. The third-order valence-electron chi connectivity index (χ3n) is 5.08. The van der Waals surface area contributed by atoms with Crippen LogP contribution in [0.5, 0.6) is 0 Å². The molecule has 0 aromatic carbocycles. The average molecular weight is 252 g/mol. The summed E-state index contributed by atoms with van der Waals surface area (Å²) in [5.74, 6) is 0.495. The van der Waals surface area contributed by atoms with Crippen molar-refractivity contribution in [1.82, 2.24) is 9.80 Å². The monoisotopic (exact) mass is 252 g/mol. The van der Waals surface area contributed by atoms with E-state index >= 15 is 0 Å². The highest BCUT2D eigenvalue weighted by Gasteiger charge is 2.42. The van der Waals surface area contributed by atoms with Crippen molar-refractivity contribution >= 4 is 5.91 Å². The van der Waals surface area contributed by atoms with E-state index in [1.165, 1.54) is 32.4 Å². The molecule has 1 unspecified atom stereocenters. The number of hydrogen-bond acceptors (Lipinski definition) is 3. The fourth-order valence-corrected chi connectivity index (χ4v) is 3.61. The molecule has 3 fully saturated rings. The molecule has 3 saturated heterocycles. The van der Waals surface area contributed by atoms with Gasteiger partial charge in [-0.05, 0) is 51.2 Å². The van der Waals surface area contributed by atoms with E-state index in [9.17, 15) is 4.79 Å². The molecular weight excluding hydrogens is 228 g/mol. The summed E-state index contributed by atoms with van der Waals surface area (Å²) in [7, 11) is 2.20. The lowest BCUT2D eigenvalue weighted by atomic mass is 9.78. The van der Waals surface area contributed by atoms with Crippen molar-refractivity contribution < 1.29 is 9.53 Å². The van der Waals surface area contributed by atoms with Crippen LogP contribution >= 0.6 is 0 Å². The van der Waals surface area contributed by atoms with Gasteiger partial charge in [0, 0.05) is 19.7 Å². The smallest absolute Gasteiger partial charge is 0.228 e. The van der Waals surface area contributed by atoms with E-state index in [0.29, 0.717) is 17.9 Å². The van der Waals surface area contributed by atoms with Gasteiger partial charge in [0.05, 0.1) is 12.5 Å². The van der Waals surface area contributed by atoms with Crippen LogP contribution in [0.4, 0.5) is 0 Å². The molecule has 0 saturated carbocycles. The average Bonchev–Trinajstić information content (AvgIpc) is 3.03. The molecule has 3 heterocycles. The van der Waals surface area contributed by atoms with Crippen LogP contribution < -0.4 is 0 Å². The third-order valence-corrected chi connectivity index (χ3v) is 5.08. The van der Waals surface area contributed by atoms with Crippen LogP contribution in [-0.4, -0.2) is 62.1 Å². The second-order valence-electron chi connectivity index (χ2n) is 6.37. The Hall–Kier alpha value is -0.610. The lowest BCUT2D eigenvalue weighted by Crippen LogP contribution is -2.41. The first kappa shape index (κ1) is 12.4. The number of likely N-dealkylation sites (tertiary alicyclic amines) is 2. The molecule has 102 valence electrons. The molecule has 4 nitrogen and oxygen atoms in total. The van der Waals surface area contributed by atoms with E-state index in [1.54, 1.807) is 0 Å². The summed E-state index contributed by atoms with van der Waals surface area (Å²) in [5, 5.41) is 0. The minimum absolute atomic E-state index is 0.145. The van der Waals surface area contributed by atoms with E-state index in [4.69, 9.17) is 4.74 Å². The molecule has 0 N–H and O–H groups in total. The maximum atomic E-state index is 12.4.